The van der Waals surface area contributed by atoms with Gasteiger partial charge in [-0.3, -0.25) is 14.3 Å². The summed E-state index contributed by atoms with van der Waals surface area (Å²) in [6, 6.07) is 0.0176. The predicted octanol–water partition coefficient (Wildman–Crippen LogP) is -0.804. The lowest BCUT2D eigenvalue weighted by atomic mass is 9.95. The molecule has 128 valence electrons. The number of nitrogens with zero attached hydrogens (tertiary/aromatic N) is 1. The molecule has 23 heavy (non-hydrogen) atoms. The van der Waals surface area contributed by atoms with Crippen LogP contribution < -0.4 is 11.2 Å². The van der Waals surface area contributed by atoms with Gasteiger partial charge in [-0.05, 0) is 12.8 Å². The predicted molar refractivity (Wildman–Crippen MR) is 80.2 cm³/mol. The Morgan fingerprint density at radius 2 is 1.87 bits per heavy atom. The highest BCUT2D eigenvalue weighted by atomic mass is 16.6. The third kappa shape index (κ3) is 2.99. The second-order valence-corrected chi connectivity index (χ2v) is 6.30. The normalized spacial score (nSPS) is 32.3. The molecule has 1 aromatic heterocycles. The molecule has 3 rings (SSSR count). The molecule has 4 N–H and O–H groups in total. The highest BCUT2D eigenvalue weighted by Gasteiger charge is 2.44. The molecule has 2 heterocycles. The van der Waals surface area contributed by atoms with Crippen molar-refractivity contribution in [3.8, 4) is 0 Å². The van der Waals surface area contributed by atoms with Crippen LogP contribution in [0.15, 0.2) is 15.8 Å². The molecule has 1 saturated heterocycles. The summed E-state index contributed by atoms with van der Waals surface area (Å²) in [5, 5.41) is 29.1. The molecule has 4 atom stereocenters. The number of aliphatic hydroxyl groups is 3. The van der Waals surface area contributed by atoms with Crippen molar-refractivity contribution < 1.29 is 20.1 Å². The van der Waals surface area contributed by atoms with Crippen LogP contribution in [0.3, 0.4) is 0 Å². The minimum Gasteiger partial charge on any atom is -0.394 e. The molecule has 2 aliphatic rings. The first-order valence-corrected chi connectivity index (χ1v) is 8.00. The molecular formula is C15H22N2O6. The molecule has 1 aliphatic heterocycles. The number of hydrogen-bond donors (Lipinski definition) is 4. The summed E-state index contributed by atoms with van der Waals surface area (Å²) < 4.78 is 6.89. The van der Waals surface area contributed by atoms with Crippen LogP contribution in [0.2, 0.25) is 0 Å². The quantitative estimate of drug-likeness (QED) is 0.576. The SMILES string of the molecule is O=c1[nH]c(=O)n(C2CCCCC2)cc1[C@@H]1O[C@H](CO)C(O)C1O. The fraction of sp³-hybridized carbons (Fsp3) is 0.733. The molecule has 2 fully saturated rings. The maximum atomic E-state index is 12.1. The zero-order valence-electron chi connectivity index (χ0n) is 12.7. The largest absolute Gasteiger partial charge is 0.394 e. The van der Waals surface area contributed by atoms with E-state index in [1.165, 1.54) is 10.8 Å². The Hall–Kier alpha value is -1.48. The zero-order chi connectivity index (χ0) is 16.6. The van der Waals surface area contributed by atoms with Crippen LogP contribution in [0.1, 0.15) is 49.8 Å². The van der Waals surface area contributed by atoms with E-state index < -0.39 is 42.3 Å². The summed E-state index contributed by atoms with van der Waals surface area (Å²) in [5.41, 5.74) is -1.02. The maximum Gasteiger partial charge on any atom is 0.328 e. The average Bonchev–Trinajstić information content (AvgIpc) is 2.84. The second kappa shape index (κ2) is 6.56. The first kappa shape index (κ1) is 16.4. The van der Waals surface area contributed by atoms with Crippen molar-refractivity contribution in [2.45, 2.75) is 62.6 Å². The fourth-order valence-corrected chi connectivity index (χ4v) is 3.49. The Bertz CT molecular complexity index is 663. The van der Waals surface area contributed by atoms with Crippen molar-refractivity contribution in [3.63, 3.8) is 0 Å². The Balaban J connectivity index is 1.96. The smallest absolute Gasteiger partial charge is 0.328 e. The molecule has 1 aliphatic carbocycles. The van der Waals surface area contributed by atoms with Gasteiger partial charge < -0.3 is 20.1 Å². The van der Waals surface area contributed by atoms with Crippen LogP contribution in [0, 0.1) is 0 Å². The monoisotopic (exact) mass is 326 g/mol. The van der Waals surface area contributed by atoms with Gasteiger partial charge in [-0.2, -0.15) is 0 Å². The number of aromatic amines is 1. The Kier molecular flexibility index (Phi) is 4.67. The topological polar surface area (TPSA) is 125 Å². The van der Waals surface area contributed by atoms with Gasteiger partial charge in [-0.25, -0.2) is 4.79 Å². The maximum absolute atomic E-state index is 12.1. The van der Waals surface area contributed by atoms with Crippen molar-refractivity contribution in [2.75, 3.05) is 6.61 Å². The van der Waals surface area contributed by atoms with E-state index in [1.54, 1.807) is 0 Å². The van der Waals surface area contributed by atoms with Gasteiger partial charge in [-0.1, -0.05) is 19.3 Å². The van der Waals surface area contributed by atoms with Gasteiger partial charge >= 0.3 is 5.69 Å². The highest BCUT2D eigenvalue weighted by Crippen LogP contribution is 2.32. The van der Waals surface area contributed by atoms with E-state index in [1.807, 2.05) is 0 Å². The van der Waals surface area contributed by atoms with Crippen LogP contribution in [0.5, 0.6) is 0 Å². The van der Waals surface area contributed by atoms with Gasteiger partial charge in [0.15, 0.2) is 0 Å². The summed E-state index contributed by atoms with van der Waals surface area (Å²) in [6.45, 7) is -0.463. The van der Waals surface area contributed by atoms with Gasteiger partial charge in [-0.15, -0.1) is 0 Å². The third-order valence-electron chi connectivity index (χ3n) is 4.81. The molecular weight excluding hydrogens is 304 g/mol. The third-order valence-corrected chi connectivity index (χ3v) is 4.81. The van der Waals surface area contributed by atoms with Crippen LogP contribution in [0.4, 0.5) is 0 Å². The standard InChI is InChI=1S/C15H22N2O6/c18-7-10-11(19)12(20)13(23-10)9-6-17(15(22)16-14(9)21)8-4-2-1-3-5-8/h6,8,10-13,18-20H,1-5,7H2,(H,16,21,22)/t10-,11?,12?,13+/m1/s1. The number of nitrogens with one attached hydrogen (secondary N) is 1. The van der Waals surface area contributed by atoms with E-state index in [-0.39, 0.29) is 11.6 Å². The lowest BCUT2D eigenvalue weighted by molar-refractivity contribution is -0.0234. The van der Waals surface area contributed by atoms with Crippen LogP contribution in [-0.2, 0) is 4.74 Å². The summed E-state index contributed by atoms with van der Waals surface area (Å²) in [4.78, 5) is 26.5. The van der Waals surface area contributed by atoms with E-state index in [0.717, 1.165) is 32.1 Å². The Morgan fingerprint density at radius 1 is 1.17 bits per heavy atom. The van der Waals surface area contributed by atoms with E-state index in [9.17, 15) is 19.8 Å². The molecule has 1 saturated carbocycles. The number of ether oxygens (including phenoxy) is 1. The molecule has 0 amide bonds. The van der Waals surface area contributed by atoms with Gasteiger partial charge in [0.25, 0.3) is 5.56 Å². The van der Waals surface area contributed by atoms with Gasteiger partial charge in [0.2, 0.25) is 0 Å². The first-order valence-electron chi connectivity index (χ1n) is 8.00. The van der Waals surface area contributed by atoms with Gasteiger partial charge in [0.05, 0.1) is 12.2 Å². The van der Waals surface area contributed by atoms with Crippen molar-refractivity contribution in [2.24, 2.45) is 0 Å². The lowest BCUT2D eigenvalue weighted by Gasteiger charge is -2.24. The lowest BCUT2D eigenvalue weighted by Crippen LogP contribution is -2.37. The molecule has 0 aromatic carbocycles. The highest BCUT2D eigenvalue weighted by molar-refractivity contribution is 5.14. The van der Waals surface area contributed by atoms with Crippen molar-refractivity contribution >= 4 is 0 Å². The van der Waals surface area contributed by atoms with Crippen LogP contribution in [0.25, 0.3) is 0 Å². The van der Waals surface area contributed by atoms with E-state index in [4.69, 9.17) is 9.84 Å². The Morgan fingerprint density at radius 3 is 2.48 bits per heavy atom. The fourth-order valence-electron chi connectivity index (χ4n) is 3.49. The molecule has 0 spiro atoms. The summed E-state index contributed by atoms with van der Waals surface area (Å²) in [5.74, 6) is 0. The molecule has 1 aromatic rings. The molecule has 2 unspecified atom stereocenters. The average molecular weight is 326 g/mol. The molecule has 0 radical (unpaired) electrons. The summed E-state index contributed by atoms with van der Waals surface area (Å²) in [7, 11) is 0. The zero-order valence-corrected chi connectivity index (χ0v) is 12.7. The second-order valence-electron chi connectivity index (χ2n) is 6.30. The van der Waals surface area contributed by atoms with Crippen LogP contribution >= 0.6 is 0 Å². The molecule has 0 bridgehead atoms. The van der Waals surface area contributed by atoms with E-state index in [2.05, 4.69) is 4.98 Å². The number of aromatic nitrogens is 2. The first-order chi connectivity index (χ1) is 11.0. The van der Waals surface area contributed by atoms with Crippen LogP contribution in [-0.4, -0.2) is 49.8 Å². The van der Waals surface area contributed by atoms with Crippen molar-refractivity contribution in [1.82, 2.24) is 9.55 Å². The van der Waals surface area contributed by atoms with Crippen molar-refractivity contribution in [1.29, 1.82) is 0 Å². The van der Waals surface area contributed by atoms with E-state index >= 15 is 0 Å². The minimum absolute atomic E-state index is 0.0176. The van der Waals surface area contributed by atoms with E-state index in [0.29, 0.717) is 0 Å². The number of aliphatic hydroxyl groups excluding tert-OH is 3. The Labute approximate surface area is 132 Å². The van der Waals surface area contributed by atoms with Gasteiger partial charge in [0.1, 0.15) is 24.4 Å². The minimum atomic E-state index is -1.33. The van der Waals surface area contributed by atoms with Crippen molar-refractivity contribution in [3.05, 3.63) is 32.6 Å². The summed E-state index contributed by atoms with van der Waals surface area (Å²) in [6.07, 6.45) is 1.71. The number of rotatable bonds is 3. The molecule has 8 heteroatoms. The number of H-pyrrole nitrogens is 1. The summed E-state index contributed by atoms with van der Waals surface area (Å²) >= 11 is 0. The number of hydrogen-bond acceptors (Lipinski definition) is 6. The molecule has 8 nitrogen and oxygen atoms in total. The van der Waals surface area contributed by atoms with Gasteiger partial charge in [0, 0.05) is 12.2 Å².